The van der Waals surface area contributed by atoms with E-state index in [-0.39, 0.29) is 0 Å². The maximum Gasteiger partial charge on any atom is 0.0276 e. The van der Waals surface area contributed by atoms with E-state index in [0.29, 0.717) is 4.75 Å². The summed E-state index contributed by atoms with van der Waals surface area (Å²) in [6.45, 7) is 8.83. The topological polar surface area (TPSA) is 12.0 Å². The van der Waals surface area contributed by atoms with Crippen molar-refractivity contribution in [2.24, 2.45) is 0 Å². The van der Waals surface area contributed by atoms with Crippen LogP contribution in [-0.4, -0.2) is 17.5 Å². The van der Waals surface area contributed by atoms with Gasteiger partial charge in [0.05, 0.1) is 0 Å². The highest BCUT2D eigenvalue weighted by Gasteiger charge is 2.23. The van der Waals surface area contributed by atoms with Crippen molar-refractivity contribution in [3.8, 4) is 0 Å². The predicted molar refractivity (Wildman–Crippen MR) is 79.7 cm³/mol. The Labute approximate surface area is 110 Å². The fourth-order valence-corrected chi connectivity index (χ4v) is 2.92. The van der Waals surface area contributed by atoms with Crippen LogP contribution in [0.15, 0.2) is 24.3 Å². The Morgan fingerprint density at radius 2 is 1.82 bits per heavy atom. The van der Waals surface area contributed by atoms with Crippen molar-refractivity contribution in [2.45, 2.75) is 44.9 Å². The van der Waals surface area contributed by atoms with Crippen LogP contribution in [-0.2, 0) is 6.54 Å². The maximum atomic E-state index is 3.62. The van der Waals surface area contributed by atoms with Crippen molar-refractivity contribution in [3.63, 3.8) is 0 Å². The Kier molecular flexibility index (Phi) is 6.07. The summed E-state index contributed by atoms with van der Waals surface area (Å²) in [6, 6.07) is 8.61. The van der Waals surface area contributed by atoms with E-state index in [1.165, 1.54) is 24.0 Å². The van der Waals surface area contributed by atoms with E-state index in [4.69, 9.17) is 0 Å². The molecule has 1 aromatic rings. The largest absolute Gasteiger partial charge is 0.311 e. The highest BCUT2D eigenvalue weighted by molar-refractivity contribution is 8.00. The van der Waals surface area contributed by atoms with Gasteiger partial charge >= 0.3 is 0 Å². The number of benzene rings is 1. The molecule has 0 radical (unpaired) electrons. The molecule has 1 rings (SSSR count). The van der Waals surface area contributed by atoms with Crippen LogP contribution in [0.25, 0.3) is 0 Å². The molecule has 0 heterocycles. The summed E-state index contributed by atoms with van der Waals surface area (Å²) in [7, 11) is 0. The molecule has 0 saturated carbocycles. The highest BCUT2D eigenvalue weighted by Crippen LogP contribution is 2.29. The van der Waals surface area contributed by atoms with Gasteiger partial charge in [-0.3, -0.25) is 0 Å². The maximum absolute atomic E-state index is 3.62. The summed E-state index contributed by atoms with van der Waals surface area (Å²) < 4.78 is 0.405. The number of nitrogens with one attached hydrogen (secondary N) is 1. The standard InChI is InChI=1S/C15H25NS/c1-5-15(6-2,17-4)12-16-11-14-10-8-7-9-13(14)3/h7-10,16H,5-6,11-12H2,1-4H3. The van der Waals surface area contributed by atoms with Crippen LogP contribution in [0.4, 0.5) is 0 Å². The van der Waals surface area contributed by atoms with Gasteiger partial charge in [-0.2, -0.15) is 11.8 Å². The lowest BCUT2D eigenvalue weighted by atomic mass is 10.0. The third kappa shape index (κ3) is 4.04. The zero-order valence-electron chi connectivity index (χ0n) is 11.5. The van der Waals surface area contributed by atoms with Crippen molar-refractivity contribution >= 4 is 11.8 Å². The Morgan fingerprint density at radius 3 is 2.35 bits per heavy atom. The van der Waals surface area contributed by atoms with Crippen LogP contribution in [0.5, 0.6) is 0 Å². The van der Waals surface area contributed by atoms with E-state index in [2.05, 4.69) is 56.6 Å². The van der Waals surface area contributed by atoms with E-state index in [0.717, 1.165) is 13.1 Å². The van der Waals surface area contributed by atoms with Crippen molar-refractivity contribution in [3.05, 3.63) is 35.4 Å². The normalized spacial score (nSPS) is 11.8. The minimum absolute atomic E-state index is 0.405. The van der Waals surface area contributed by atoms with Crippen LogP contribution in [0.1, 0.15) is 37.8 Å². The molecule has 0 amide bonds. The minimum Gasteiger partial charge on any atom is -0.311 e. The van der Waals surface area contributed by atoms with E-state index in [1.807, 2.05) is 11.8 Å². The fraction of sp³-hybridized carbons (Fsp3) is 0.600. The van der Waals surface area contributed by atoms with Crippen molar-refractivity contribution in [2.75, 3.05) is 12.8 Å². The molecule has 0 fully saturated rings. The van der Waals surface area contributed by atoms with Crippen LogP contribution >= 0.6 is 11.8 Å². The predicted octanol–water partition coefficient (Wildman–Crippen LogP) is 4.01. The summed E-state index contributed by atoms with van der Waals surface area (Å²) in [5.74, 6) is 0. The van der Waals surface area contributed by atoms with Gasteiger partial charge in [-0.25, -0.2) is 0 Å². The van der Waals surface area contributed by atoms with Gasteiger partial charge in [0.25, 0.3) is 0 Å². The number of rotatable bonds is 7. The fourth-order valence-electron chi connectivity index (χ4n) is 2.09. The van der Waals surface area contributed by atoms with Gasteiger partial charge in [0.2, 0.25) is 0 Å². The first-order valence-corrected chi connectivity index (χ1v) is 7.70. The third-order valence-corrected chi connectivity index (χ3v) is 5.33. The molecule has 0 saturated heterocycles. The molecule has 0 aliphatic carbocycles. The van der Waals surface area contributed by atoms with Gasteiger partial charge in [0.1, 0.15) is 0 Å². The van der Waals surface area contributed by atoms with Crippen molar-refractivity contribution in [1.82, 2.24) is 5.32 Å². The van der Waals surface area contributed by atoms with E-state index in [9.17, 15) is 0 Å². The van der Waals surface area contributed by atoms with Gasteiger partial charge in [-0.15, -0.1) is 0 Å². The molecule has 0 aliphatic rings. The average Bonchev–Trinajstić information content (AvgIpc) is 2.37. The Hall–Kier alpha value is -0.470. The lowest BCUT2D eigenvalue weighted by Crippen LogP contribution is -2.36. The molecular formula is C15H25NS. The summed E-state index contributed by atoms with van der Waals surface area (Å²) in [6.07, 6.45) is 4.68. The Morgan fingerprint density at radius 1 is 1.18 bits per heavy atom. The monoisotopic (exact) mass is 251 g/mol. The van der Waals surface area contributed by atoms with Crippen molar-refractivity contribution in [1.29, 1.82) is 0 Å². The second-order valence-corrected chi connectivity index (χ2v) is 5.90. The first kappa shape index (κ1) is 14.6. The smallest absolute Gasteiger partial charge is 0.0276 e. The molecule has 0 bridgehead atoms. The number of hydrogen-bond acceptors (Lipinski definition) is 2. The molecule has 2 heteroatoms. The van der Waals surface area contributed by atoms with Crippen LogP contribution in [0.2, 0.25) is 0 Å². The minimum atomic E-state index is 0.405. The van der Waals surface area contributed by atoms with Crippen molar-refractivity contribution < 1.29 is 0 Å². The summed E-state index contributed by atoms with van der Waals surface area (Å²) in [5.41, 5.74) is 2.79. The van der Waals surface area contributed by atoms with Gasteiger partial charge in [-0.1, -0.05) is 38.1 Å². The Balaban J connectivity index is 2.49. The Bertz CT molecular complexity index is 323. The zero-order valence-corrected chi connectivity index (χ0v) is 12.4. The van der Waals surface area contributed by atoms with Crippen LogP contribution in [0, 0.1) is 6.92 Å². The summed E-state index contributed by atoms with van der Waals surface area (Å²) in [5, 5.41) is 3.62. The van der Waals surface area contributed by atoms with Gasteiger partial charge in [0.15, 0.2) is 0 Å². The van der Waals surface area contributed by atoms with E-state index >= 15 is 0 Å². The molecule has 1 nitrogen and oxygen atoms in total. The molecular weight excluding hydrogens is 226 g/mol. The highest BCUT2D eigenvalue weighted by atomic mass is 32.2. The lowest BCUT2D eigenvalue weighted by molar-refractivity contribution is 0.494. The molecule has 0 spiro atoms. The van der Waals surface area contributed by atoms with Crippen LogP contribution < -0.4 is 5.32 Å². The molecule has 0 atom stereocenters. The number of thioether (sulfide) groups is 1. The molecule has 0 aliphatic heterocycles. The number of aryl methyl sites for hydroxylation is 1. The van der Waals surface area contributed by atoms with Gasteiger partial charge < -0.3 is 5.32 Å². The van der Waals surface area contributed by atoms with Gasteiger partial charge in [0, 0.05) is 17.8 Å². The third-order valence-electron chi connectivity index (χ3n) is 3.75. The van der Waals surface area contributed by atoms with Crippen LogP contribution in [0.3, 0.4) is 0 Å². The average molecular weight is 251 g/mol. The first-order chi connectivity index (χ1) is 8.17. The molecule has 1 N–H and O–H groups in total. The zero-order chi connectivity index (χ0) is 12.7. The second kappa shape index (κ2) is 7.07. The summed E-state index contributed by atoms with van der Waals surface area (Å²) >= 11 is 1.99. The quantitative estimate of drug-likeness (QED) is 0.786. The summed E-state index contributed by atoms with van der Waals surface area (Å²) in [4.78, 5) is 0. The molecule has 17 heavy (non-hydrogen) atoms. The molecule has 0 unspecified atom stereocenters. The molecule has 1 aromatic carbocycles. The van der Waals surface area contributed by atoms with E-state index < -0.39 is 0 Å². The SMILES string of the molecule is CCC(CC)(CNCc1ccccc1C)SC. The molecule has 0 aromatic heterocycles. The van der Waals surface area contributed by atoms with Gasteiger partial charge in [-0.05, 0) is 37.1 Å². The molecule has 96 valence electrons. The first-order valence-electron chi connectivity index (χ1n) is 6.48. The second-order valence-electron chi connectivity index (χ2n) is 4.62. The van der Waals surface area contributed by atoms with E-state index in [1.54, 1.807) is 0 Å². The number of hydrogen-bond donors (Lipinski definition) is 1. The lowest BCUT2D eigenvalue weighted by Gasteiger charge is -2.30.